The summed E-state index contributed by atoms with van der Waals surface area (Å²) < 4.78 is 26.1. The highest BCUT2D eigenvalue weighted by Gasteiger charge is 2.48. The van der Waals surface area contributed by atoms with Crippen LogP contribution in [-0.2, 0) is 19.6 Å². The van der Waals surface area contributed by atoms with Crippen LogP contribution in [0, 0.1) is 5.92 Å². The summed E-state index contributed by atoms with van der Waals surface area (Å²) in [7, 11) is -3.52. The van der Waals surface area contributed by atoms with Crippen molar-refractivity contribution in [1.29, 1.82) is 0 Å². The van der Waals surface area contributed by atoms with Gasteiger partial charge in [-0.05, 0) is 25.2 Å². The smallest absolute Gasteiger partial charge is 0.255 e. The van der Waals surface area contributed by atoms with Crippen LogP contribution < -0.4 is 0 Å². The molecule has 4 aliphatic rings. The van der Waals surface area contributed by atoms with Gasteiger partial charge in [-0.3, -0.25) is 14.5 Å². The molecule has 0 aromatic rings. The monoisotopic (exact) mass is 383 g/mol. The van der Waals surface area contributed by atoms with Crippen LogP contribution in [0.5, 0.6) is 0 Å². The van der Waals surface area contributed by atoms with E-state index >= 15 is 0 Å². The topological polar surface area (TPSA) is 78.0 Å². The lowest BCUT2D eigenvalue weighted by atomic mass is 10.0. The first kappa shape index (κ1) is 18.2. The molecule has 2 saturated heterocycles. The van der Waals surface area contributed by atoms with E-state index in [-0.39, 0.29) is 23.6 Å². The van der Waals surface area contributed by atoms with Gasteiger partial charge in [-0.15, -0.1) is 0 Å². The first-order chi connectivity index (χ1) is 12.5. The number of fused-ring (bicyclic) bond motifs is 1. The molecule has 146 valence electrons. The minimum atomic E-state index is -3.52. The fourth-order valence-electron chi connectivity index (χ4n) is 4.66. The van der Waals surface area contributed by atoms with E-state index < -0.39 is 16.1 Å². The van der Waals surface area contributed by atoms with Crippen LogP contribution in [0.4, 0.5) is 0 Å². The summed E-state index contributed by atoms with van der Waals surface area (Å²) >= 11 is 0. The second kappa shape index (κ2) is 7.11. The van der Waals surface area contributed by atoms with E-state index in [9.17, 15) is 18.0 Å². The summed E-state index contributed by atoms with van der Waals surface area (Å²) in [6, 6.07) is -0.655. The third-order valence-corrected chi connectivity index (χ3v) is 8.18. The van der Waals surface area contributed by atoms with E-state index in [0.717, 1.165) is 23.6 Å². The zero-order chi connectivity index (χ0) is 18.3. The lowest BCUT2D eigenvalue weighted by molar-refractivity contribution is -0.140. The summed E-state index contributed by atoms with van der Waals surface area (Å²) in [5, 5.41) is 0. The predicted molar refractivity (Wildman–Crippen MR) is 96.8 cm³/mol. The van der Waals surface area contributed by atoms with Gasteiger partial charge in [0.25, 0.3) is 5.91 Å². The van der Waals surface area contributed by atoms with E-state index in [0.29, 0.717) is 38.5 Å². The molecular weight excluding hydrogens is 354 g/mol. The maximum absolute atomic E-state index is 13.0. The number of carbonyl (C=O) groups excluding carboxylic acids is 2. The van der Waals surface area contributed by atoms with Crippen molar-refractivity contribution in [3.8, 4) is 0 Å². The van der Waals surface area contributed by atoms with E-state index in [1.54, 1.807) is 4.90 Å². The Hall–Kier alpha value is -1.15. The van der Waals surface area contributed by atoms with Gasteiger partial charge in [0.05, 0.1) is 5.75 Å². The Bertz CT molecular complexity index is 670. The molecule has 0 N–H and O–H groups in total. The van der Waals surface area contributed by atoms with Crippen LogP contribution >= 0.6 is 0 Å². The van der Waals surface area contributed by atoms with E-state index in [2.05, 4.69) is 0 Å². The Morgan fingerprint density at radius 1 is 1.04 bits per heavy atom. The number of amides is 2. The number of hydrogen-bond acceptors (Lipinski definition) is 5. The third kappa shape index (κ3) is 3.63. The van der Waals surface area contributed by atoms with Gasteiger partial charge in [-0.1, -0.05) is 25.7 Å². The Balaban J connectivity index is 1.42. The number of piperazine rings is 1. The molecule has 2 heterocycles. The second-order valence-electron chi connectivity index (χ2n) is 8.26. The van der Waals surface area contributed by atoms with E-state index in [4.69, 9.17) is 0 Å². The van der Waals surface area contributed by atoms with Gasteiger partial charge in [0, 0.05) is 38.6 Å². The molecule has 2 amide bonds. The van der Waals surface area contributed by atoms with Crippen molar-refractivity contribution in [2.45, 2.75) is 63.5 Å². The standard InChI is InChI=1S/C18H29N3O4S/c22-17(8-5-14-3-1-2-4-14)20-10-9-19-11-12-26(24,25)21(15-6-7-15)18(23)16(19)13-20/h14-16H,1-13H2. The lowest BCUT2D eigenvalue weighted by Gasteiger charge is -2.40. The van der Waals surface area contributed by atoms with Crippen molar-refractivity contribution >= 4 is 21.8 Å². The minimum absolute atomic E-state index is 0.00136. The minimum Gasteiger partial charge on any atom is -0.339 e. The number of hydrogen-bond donors (Lipinski definition) is 0. The van der Waals surface area contributed by atoms with Crippen LogP contribution in [0.25, 0.3) is 0 Å². The molecule has 2 saturated carbocycles. The van der Waals surface area contributed by atoms with Crippen LogP contribution in [0.15, 0.2) is 0 Å². The number of sulfonamides is 1. The molecule has 2 aliphatic carbocycles. The molecule has 4 rings (SSSR count). The fraction of sp³-hybridized carbons (Fsp3) is 0.889. The Labute approximate surface area is 155 Å². The van der Waals surface area contributed by atoms with Gasteiger partial charge in [0.2, 0.25) is 15.9 Å². The maximum atomic E-state index is 13.0. The van der Waals surface area contributed by atoms with Gasteiger partial charge in [-0.25, -0.2) is 12.7 Å². The molecule has 2 aliphatic heterocycles. The van der Waals surface area contributed by atoms with Gasteiger partial charge in [-0.2, -0.15) is 0 Å². The molecule has 8 heteroatoms. The zero-order valence-corrected chi connectivity index (χ0v) is 16.1. The van der Waals surface area contributed by atoms with Crippen molar-refractivity contribution in [1.82, 2.24) is 14.1 Å². The molecule has 26 heavy (non-hydrogen) atoms. The number of carbonyl (C=O) groups is 2. The molecule has 0 spiro atoms. The van der Waals surface area contributed by atoms with Crippen molar-refractivity contribution in [2.24, 2.45) is 5.92 Å². The Morgan fingerprint density at radius 2 is 1.77 bits per heavy atom. The predicted octanol–water partition coefficient (Wildman–Crippen LogP) is 0.804. The van der Waals surface area contributed by atoms with Crippen molar-refractivity contribution < 1.29 is 18.0 Å². The number of nitrogens with zero attached hydrogens (tertiary/aromatic N) is 3. The number of rotatable bonds is 4. The van der Waals surface area contributed by atoms with Crippen molar-refractivity contribution in [3.05, 3.63) is 0 Å². The second-order valence-corrected chi connectivity index (χ2v) is 10.2. The summed E-state index contributed by atoms with van der Waals surface area (Å²) in [5.74, 6) is 0.476. The molecule has 0 bridgehead atoms. The summed E-state index contributed by atoms with van der Waals surface area (Å²) in [6.07, 6.45) is 8.05. The molecule has 7 nitrogen and oxygen atoms in total. The van der Waals surface area contributed by atoms with Gasteiger partial charge in [0.1, 0.15) is 6.04 Å². The van der Waals surface area contributed by atoms with Crippen LogP contribution in [0.3, 0.4) is 0 Å². The van der Waals surface area contributed by atoms with E-state index in [1.807, 2.05) is 4.90 Å². The maximum Gasteiger partial charge on any atom is 0.255 e. The third-order valence-electron chi connectivity index (χ3n) is 6.40. The summed E-state index contributed by atoms with van der Waals surface area (Å²) in [5.41, 5.74) is 0. The molecule has 4 fully saturated rings. The first-order valence-corrected chi connectivity index (χ1v) is 11.6. The molecule has 1 atom stereocenters. The molecule has 0 aromatic carbocycles. The normalized spacial score (nSPS) is 30.3. The fourth-order valence-corrected chi connectivity index (χ4v) is 6.39. The highest BCUT2D eigenvalue weighted by atomic mass is 32.2. The highest BCUT2D eigenvalue weighted by Crippen LogP contribution is 2.33. The lowest BCUT2D eigenvalue weighted by Crippen LogP contribution is -2.59. The average molecular weight is 384 g/mol. The van der Waals surface area contributed by atoms with Crippen LogP contribution in [0.1, 0.15) is 51.4 Å². The Morgan fingerprint density at radius 3 is 2.46 bits per heavy atom. The van der Waals surface area contributed by atoms with Crippen LogP contribution in [0.2, 0.25) is 0 Å². The largest absolute Gasteiger partial charge is 0.339 e. The van der Waals surface area contributed by atoms with Gasteiger partial charge >= 0.3 is 0 Å². The van der Waals surface area contributed by atoms with Crippen molar-refractivity contribution in [2.75, 3.05) is 31.9 Å². The van der Waals surface area contributed by atoms with Crippen LogP contribution in [-0.4, -0.2) is 78.4 Å². The molecule has 0 radical (unpaired) electrons. The van der Waals surface area contributed by atoms with Crippen molar-refractivity contribution in [3.63, 3.8) is 0 Å². The highest BCUT2D eigenvalue weighted by molar-refractivity contribution is 7.89. The SMILES string of the molecule is O=C(CCC1CCCC1)N1CCN2CCS(=O)(=O)N(C3CC3)C(=O)C2C1. The molecular formula is C18H29N3O4S. The van der Waals surface area contributed by atoms with Gasteiger partial charge < -0.3 is 4.90 Å². The first-order valence-electron chi connectivity index (χ1n) is 10.0. The average Bonchev–Trinajstić information content (AvgIpc) is 3.31. The quantitative estimate of drug-likeness (QED) is 0.718. The van der Waals surface area contributed by atoms with Gasteiger partial charge in [0.15, 0.2) is 0 Å². The molecule has 0 aromatic heterocycles. The Kier molecular flexibility index (Phi) is 4.98. The summed E-state index contributed by atoms with van der Waals surface area (Å²) in [4.78, 5) is 29.4. The summed E-state index contributed by atoms with van der Waals surface area (Å²) in [6.45, 7) is 1.89. The molecule has 1 unspecified atom stereocenters. The zero-order valence-electron chi connectivity index (χ0n) is 15.3. The van der Waals surface area contributed by atoms with E-state index in [1.165, 1.54) is 25.7 Å².